The van der Waals surface area contributed by atoms with E-state index in [2.05, 4.69) is 59.2 Å². The summed E-state index contributed by atoms with van der Waals surface area (Å²) in [6.07, 6.45) is 8.69. The molecule has 6 nitrogen and oxygen atoms in total. The van der Waals surface area contributed by atoms with Crippen molar-refractivity contribution < 1.29 is 4.21 Å². The lowest BCUT2D eigenvalue weighted by Gasteiger charge is -2.44. The molecule has 0 unspecified atom stereocenters. The highest BCUT2D eigenvalue weighted by Gasteiger charge is 2.49. The number of fused-ring (bicyclic) bond motifs is 2. The average Bonchev–Trinajstić information content (AvgIpc) is 3.33. The SMILES string of the molecule is CC(C)(C)[S@@](=O)N[C@@H]1c2ccccc2CC12CCN(c1ncc(Br)c3nccn13)CC2. The van der Waals surface area contributed by atoms with Gasteiger partial charge in [-0.25, -0.2) is 18.9 Å². The van der Waals surface area contributed by atoms with E-state index in [1.807, 2.05) is 39.4 Å². The monoisotopic (exact) mass is 501 g/mol. The summed E-state index contributed by atoms with van der Waals surface area (Å²) in [6, 6.07) is 8.77. The lowest BCUT2D eigenvalue weighted by molar-refractivity contribution is 0.177. The van der Waals surface area contributed by atoms with Crippen molar-refractivity contribution in [3.63, 3.8) is 0 Å². The van der Waals surface area contributed by atoms with Crippen molar-refractivity contribution in [2.45, 2.75) is 50.8 Å². The molecule has 1 aromatic carbocycles. The maximum Gasteiger partial charge on any atom is 0.211 e. The minimum absolute atomic E-state index is 0.0739. The van der Waals surface area contributed by atoms with E-state index < -0.39 is 11.0 Å². The maximum absolute atomic E-state index is 13.1. The van der Waals surface area contributed by atoms with Gasteiger partial charge in [-0.15, -0.1) is 0 Å². The van der Waals surface area contributed by atoms with Crippen molar-refractivity contribution in [2.24, 2.45) is 5.41 Å². The van der Waals surface area contributed by atoms with Gasteiger partial charge in [0.2, 0.25) is 5.95 Å². The molecule has 1 spiro atoms. The Morgan fingerprint density at radius 2 is 1.94 bits per heavy atom. The summed E-state index contributed by atoms with van der Waals surface area (Å²) < 4.78 is 19.2. The average molecular weight is 502 g/mol. The number of rotatable bonds is 3. The second kappa shape index (κ2) is 7.67. The molecule has 164 valence electrons. The number of halogens is 1. The molecule has 1 N–H and O–H groups in total. The normalized spacial score (nSPS) is 21.5. The fourth-order valence-electron chi connectivity index (χ4n) is 4.99. The first-order valence-electron chi connectivity index (χ1n) is 10.8. The molecule has 31 heavy (non-hydrogen) atoms. The highest BCUT2D eigenvalue weighted by Crippen LogP contribution is 2.52. The Labute approximate surface area is 194 Å². The molecule has 0 bridgehead atoms. The van der Waals surface area contributed by atoms with E-state index in [0.717, 1.165) is 48.4 Å². The Balaban J connectivity index is 1.43. The summed E-state index contributed by atoms with van der Waals surface area (Å²) in [5.41, 5.74) is 3.66. The smallest absolute Gasteiger partial charge is 0.211 e. The van der Waals surface area contributed by atoms with E-state index in [1.165, 1.54) is 11.1 Å². The van der Waals surface area contributed by atoms with Crippen LogP contribution in [0, 0.1) is 5.41 Å². The van der Waals surface area contributed by atoms with Crippen LogP contribution in [0.4, 0.5) is 5.95 Å². The van der Waals surface area contributed by atoms with Crippen molar-refractivity contribution >= 4 is 38.5 Å². The fourth-order valence-corrected chi connectivity index (χ4v) is 6.33. The highest BCUT2D eigenvalue weighted by atomic mass is 79.9. The molecule has 5 rings (SSSR count). The van der Waals surface area contributed by atoms with Gasteiger partial charge in [0.25, 0.3) is 0 Å². The summed E-state index contributed by atoms with van der Waals surface area (Å²) in [6.45, 7) is 7.91. The van der Waals surface area contributed by atoms with Crippen LogP contribution in [0.25, 0.3) is 5.65 Å². The number of anilines is 1. The molecule has 8 heteroatoms. The highest BCUT2D eigenvalue weighted by molar-refractivity contribution is 9.10. The Kier molecular flexibility index (Phi) is 5.22. The molecule has 2 aromatic heterocycles. The van der Waals surface area contributed by atoms with Gasteiger partial charge < -0.3 is 4.90 Å². The quantitative estimate of drug-likeness (QED) is 0.576. The van der Waals surface area contributed by atoms with Gasteiger partial charge in [0.15, 0.2) is 5.65 Å². The standard InChI is InChI=1S/C23H28BrN5OS/c1-22(2,3)31(30)27-19-17-7-5-4-6-16(17)14-23(19)8-11-28(12-9-23)21-26-15-18(24)20-25-10-13-29(20)21/h4-7,10,13,15,19,27H,8-9,11-12,14H2,1-3H3/t19-,31-/m1/s1. The van der Waals surface area contributed by atoms with Crippen LogP contribution in [-0.2, 0) is 17.4 Å². The predicted octanol–water partition coefficient (Wildman–Crippen LogP) is 4.43. The maximum atomic E-state index is 13.1. The van der Waals surface area contributed by atoms with Crippen LogP contribution in [0.2, 0.25) is 0 Å². The Morgan fingerprint density at radius 3 is 2.68 bits per heavy atom. The molecule has 1 fully saturated rings. The van der Waals surface area contributed by atoms with E-state index in [0.29, 0.717) is 0 Å². The molecular formula is C23H28BrN5OS. The molecule has 3 heterocycles. The molecule has 0 saturated carbocycles. The van der Waals surface area contributed by atoms with Crippen LogP contribution in [-0.4, -0.2) is 36.4 Å². The van der Waals surface area contributed by atoms with Crippen LogP contribution in [0.5, 0.6) is 0 Å². The Morgan fingerprint density at radius 1 is 1.19 bits per heavy atom. The lowest BCUT2D eigenvalue weighted by atomic mass is 9.73. The van der Waals surface area contributed by atoms with E-state index in [1.54, 1.807) is 0 Å². The number of benzene rings is 1. The molecule has 0 amide bonds. The number of piperidine rings is 1. The summed E-state index contributed by atoms with van der Waals surface area (Å²) in [5, 5.41) is 0. The molecule has 1 aliphatic carbocycles. The van der Waals surface area contributed by atoms with Crippen LogP contribution < -0.4 is 9.62 Å². The minimum atomic E-state index is -1.12. The molecule has 1 saturated heterocycles. The van der Waals surface area contributed by atoms with Crippen LogP contribution in [0.1, 0.15) is 50.8 Å². The van der Waals surface area contributed by atoms with Crippen molar-refractivity contribution in [2.75, 3.05) is 18.0 Å². The first-order chi connectivity index (χ1) is 14.8. The zero-order valence-electron chi connectivity index (χ0n) is 18.1. The van der Waals surface area contributed by atoms with Crippen molar-refractivity contribution in [1.82, 2.24) is 19.1 Å². The Hall–Kier alpha value is -1.77. The van der Waals surface area contributed by atoms with Gasteiger partial charge in [-0.1, -0.05) is 24.3 Å². The van der Waals surface area contributed by atoms with E-state index >= 15 is 0 Å². The van der Waals surface area contributed by atoms with Crippen molar-refractivity contribution in [3.8, 4) is 0 Å². The fraction of sp³-hybridized carbons (Fsp3) is 0.478. The van der Waals surface area contributed by atoms with E-state index in [-0.39, 0.29) is 16.2 Å². The van der Waals surface area contributed by atoms with Crippen molar-refractivity contribution in [1.29, 1.82) is 0 Å². The third-order valence-corrected chi connectivity index (χ3v) is 8.83. The number of hydrogen-bond acceptors (Lipinski definition) is 4. The van der Waals surface area contributed by atoms with Gasteiger partial charge >= 0.3 is 0 Å². The topological polar surface area (TPSA) is 62.5 Å². The zero-order valence-corrected chi connectivity index (χ0v) is 20.5. The van der Waals surface area contributed by atoms with E-state index in [4.69, 9.17) is 4.98 Å². The predicted molar refractivity (Wildman–Crippen MR) is 128 cm³/mol. The van der Waals surface area contributed by atoms with Gasteiger partial charge in [0.1, 0.15) is 0 Å². The van der Waals surface area contributed by atoms with Gasteiger partial charge in [0, 0.05) is 31.7 Å². The summed E-state index contributed by atoms with van der Waals surface area (Å²) >= 11 is 3.54. The molecule has 3 aromatic rings. The first-order valence-corrected chi connectivity index (χ1v) is 12.7. The zero-order chi connectivity index (χ0) is 21.8. The Bertz CT molecular complexity index is 1150. The van der Waals surface area contributed by atoms with Gasteiger partial charge in [-0.3, -0.25) is 4.40 Å². The minimum Gasteiger partial charge on any atom is -0.342 e. The third kappa shape index (κ3) is 3.62. The van der Waals surface area contributed by atoms with Crippen LogP contribution in [0.3, 0.4) is 0 Å². The second-order valence-corrected chi connectivity index (χ2v) is 12.5. The van der Waals surface area contributed by atoms with Crippen LogP contribution in [0.15, 0.2) is 47.3 Å². The molecule has 2 atom stereocenters. The first kappa shape index (κ1) is 21.1. The number of aromatic nitrogens is 3. The summed E-state index contributed by atoms with van der Waals surface area (Å²) in [4.78, 5) is 11.5. The van der Waals surface area contributed by atoms with Gasteiger partial charge in [-0.2, -0.15) is 0 Å². The number of nitrogens with one attached hydrogen (secondary N) is 1. The third-order valence-electron chi connectivity index (χ3n) is 6.71. The molecule has 0 radical (unpaired) electrons. The number of nitrogens with zero attached hydrogens (tertiary/aromatic N) is 4. The van der Waals surface area contributed by atoms with E-state index in [9.17, 15) is 4.21 Å². The summed E-state index contributed by atoms with van der Waals surface area (Å²) in [5.74, 6) is 0.934. The number of imidazole rings is 1. The van der Waals surface area contributed by atoms with Gasteiger partial charge in [-0.05, 0) is 72.5 Å². The van der Waals surface area contributed by atoms with Gasteiger partial charge in [0.05, 0.1) is 26.2 Å². The number of hydrogen-bond donors (Lipinski definition) is 1. The van der Waals surface area contributed by atoms with Crippen molar-refractivity contribution in [3.05, 3.63) is 58.5 Å². The van der Waals surface area contributed by atoms with Crippen LogP contribution >= 0.6 is 15.9 Å². The largest absolute Gasteiger partial charge is 0.342 e. The molecule has 1 aliphatic heterocycles. The summed E-state index contributed by atoms with van der Waals surface area (Å²) in [7, 11) is -1.12. The molecule has 2 aliphatic rings. The lowest BCUT2D eigenvalue weighted by Crippen LogP contribution is -2.48. The molecular weight excluding hydrogens is 474 g/mol. The second-order valence-electron chi connectivity index (χ2n) is 9.68.